The number of carbonyl (C=O) groups is 1. The van der Waals surface area contributed by atoms with Gasteiger partial charge < -0.3 is 9.67 Å². The minimum absolute atomic E-state index is 0.169. The molecule has 0 atom stereocenters. The lowest BCUT2D eigenvalue weighted by Gasteiger charge is -2.14. The van der Waals surface area contributed by atoms with E-state index in [1.54, 1.807) is 23.0 Å². The molecule has 1 N–H and O–H groups in total. The van der Waals surface area contributed by atoms with E-state index < -0.39 is 11.9 Å². The first-order valence-electron chi connectivity index (χ1n) is 8.61. The molecule has 0 fully saturated rings. The number of benzene rings is 2. The average Bonchev–Trinajstić information content (AvgIpc) is 3.10. The minimum atomic E-state index is -3.30. The molecule has 6 heteroatoms. The molecule has 2 heterocycles. The quantitative estimate of drug-likeness (QED) is 0.485. The van der Waals surface area contributed by atoms with Crippen LogP contribution in [0.2, 0.25) is 0 Å². The highest BCUT2D eigenvalue weighted by molar-refractivity contribution is 6.03. The first-order valence-corrected chi connectivity index (χ1v) is 8.61. The van der Waals surface area contributed by atoms with Crippen molar-refractivity contribution in [2.24, 2.45) is 0 Å². The van der Waals surface area contributed by atoms with Crippen LogP contribution in [0.3, 0.4) is 0 Å². The van der Waals surface area contributed by atoms with Crippen LogP contribution in [0.1, 0.15) is 21.5 Å². The van der Waals surface area contributed by atoms with Crippen LogP contribution in [0.25, 0.3) is 21.8 Å². The topological polar surface area (TPSA) is 55.1 Å². The minimum Gasteiger partial charge on any atom is -0.478 e. The van der Waals surface area contributed by atoms with Gasteiger partial charge in [-0.1, -0.05) is 24.8 Å². The van der Waals surface area contributed by atoms with Crippen LogP contribution in [-0.2, 0) is 12.5 Å². The molecule has 0 aliphatic carbocycles. The number of carboxylic acids is 1. The highest BCUT2D eigenvalue weighted by Gasteiger charge is 2.29. The van der Waals surface area contributed by atoms with Crippen LogP contribution in [0, 0.1) is 0 Å². The molecule has 4 rings (SSSR count). The predicted molar refractivity (Wildman–Crippen MR) is 104 cm³/mol. The van der Waals surface area contributed by atoms with E-state index >= 15 is 0 Å². The summed E-state index contributed by atoms with van der Waals surface area (Å²) < 4.78 is 29.8. The van der Waals surface area contributed by atoms with Gasteiger partial charge >= 0.3 is 5.97 Å². The summed E-state index contributed by atoms with van der Waals surface area (Å²) in [7, 11) is 0. The molecule has 0 aliphatic heterocycles. The van der Waals surface area contributed by atoms with Crippen LogP contribution in [0.15, 0.2) is 73.6 Å². The molecule has 4 nitrogen and oxygen atoms in total. The lowest BCUT2D eigenvalue weighted by Crippen LogP contribution is -2.12. The molecule has 0 aliphatic rings. The fraction of sp³-hybridized carbons (Fsp3) is 0.0909. The van der Waals surface area contributed by atoms with Gasteiger partial charge in [-0.05, 0) is 42.0 Å². The second-order valence-electron chi connectivity index (χ2n) is 6.57. The van der Waals surface area contributed by atoms with Crippen molar-refractivity contribution in [3.8, 4) is 0 Å². The van der Waals surface area contributed by atoms with E-state index in [1.807, 2.05) is 30.3 Å². The summed E-state index contributed by atoms with van der Waals surface area (Å²) in [6.45, 7) is 3.54. The zero-order valence-electron chi connectivity index (χ0n) is 14.8. The summed E-state index contributed by atoms with van der Waals surface area (Å²) in [6.07, 6.45) is 3.93. The second-order valence-corrected chi connectivity index (χ2v) is 6.57. The van der Waals surface area contributed by atoms with Crippen LogP contribution < -0.4 is 0 Å². The van der Waals surface area contributed by atoms with E-state index in [4.69, 9.17) is 0 Å². The zero-order chi connectivity index (χ0) is 19.9. The predicted octanol–water partition coefficient (Wildman–Crippen LogP) is 5.21. The molecule has 28 heavy (non-hydrogen) atoms. The molecule has 0 unspecified atom stereocenters. The molecule has 0 saturated carbocycles. The van der Waals surface area contributed by atoms with E-state index in [9.17, 15) is 18.7 Å². The molecular formula is C22H16F2N2O2. The Morgan fingerprint density at radius 3 is 2.75 bits per heavy atom. The Hall–Kier alpha value is -3.54. The summed E-state index contributed by atoms with van der Waals surface area (Å²) in [4.78, 5) is 16.1. The third-order valence-electron chi connectivity index (χ3n) is 4.76. The van der Waals surface area contributed by atoms with Crippen LogP contribution in [0.5, 0.6) is 0 Å². The average molecular weight is 378 g/mol. The van der Waals surface area contributed by atoms with Gasteiger partial charge in [0.1, 0.15) is 0 Å². The largest absolute Gasteiger partial charge is 0.478 e. The van der Waals surface area contributed by atoms with Crippen molar-refractivity contribution in [3.05, 3.63) is 90.3 Å². The number of rotatable bonds is 5. The fourth-order valence-corrected chi connectivity index (χ4v) is 3.36. The lowest BCUT2D eigenvalue weighted by molar-refractivity contribution is 0.0525. The molecule has 4 aromatic rings. The molecule has 2 aromatic heterocycles. The normalized spacial score (nSPS) is 11.8. The van der Waals surface area contributed by atoms with Crippen LogP contribution in [-0.4, -0.2) is 20.6 Å². The summed E-state index contributed by atoms with van der Waals surface area (Å²) in [5.41, 5.74) is 1.61. The smallest absolute Gasteiger partial charge is 0.337 e. The first kappa shape index (κ1) is 17.9. The first-order chi connectivity index (χ1) is 13.4. The lowest BCUT2D eigenvalue weighted by atomic mass is 10.0. The van der Waals surface area contributed by atoms with Gasteiger partial charge in [-0.3, -0.25) is 4.98 Å². The van der Waals surface area contributed by atoms with Crippen molar-refractivity contribution in [1.29, 1.82) is 0 Å². The number of allylic oxidation sites excluding steroid dienone is 1. The van der Waals surface area contributed by atoms with E-state index in [-0.39, 0.29) is 11.1 Å². The maximum absolute atomic E-state index is 14.0. The molecule has 0 radical (unpaired) electrons. The van der Waals surface area contributed by atoms with Crippen LogP contribution >= 0.6 is 0 Å². The monoisotopic (exact) mass is 378 g/mol. The Morgan fingerprint density at radius 2 is 2.00 bits per heavy atom. The Kier molecular flexibility index (Phi) is 4.19. The standard InChI is InChI=1S/C22H16F2N2O2/c1-2-22(23,24)17-11-16-7-9-26(20(16)18(12-17)21(27)28)13-14-5-6-15-4-3-8-25-19(15)10-14/h2-12H,1,13H2,(H,27,28). The Bertz CT molecular complexity index is 1230. The summed E-state index contributed by atoms with van der Waals surface area (Å²) in [5, 5.41) is 11.0. The summed E-state index contributed by atoms with van der Waals surface area (Å²) in [6, 6.07) is 13.6. The van der Waals surface area contributed by atoms with E-state index in [1.165, 1.54) is 6.07 Å². The third-order valence-corrected chi connectivity index (χ3v) is 4.76. The third kappa shape index (κ3) is 3.03. The Labute approximate surface area is 159 Å². The number of fused-ring (bicyclic) bond motifs is 2. The highest BCUT2D eigenvalue weighted by Crippen LogP contribution is 2.34. The number of aromatic nitrogens is 2. The molecule has 140 valence electrons. The number of aromatic carboxylic acids is 1. The number of nitrogens with zero attached hydrogens (tertiary/aromatic N) is 2. The summed E-state index contributed by atoms with van der Waals surface area (Å²) in [5.74, 6) is -4.56. The van der Waals surface area contributed by atoms with Crippen molar-refractivity contribution >= 4 is 27.8 Å². The van der Waals surface area contributed by atoms with Crippen LogP contribution in [0.4, 0.5) is 8.78 Å². The summed E-state index contributed by atoms with van der Waals surface area (Å²) >= 11 is 0. The molecular weight excluding hydrogens is 362 g/mol. The maximum Gasteiger partial charge on any atom is 0.337 e. The van der Waals surface area contributed by atoms with Crippen molar-refractivity contribution in [2.75, 3.05) is 0 Å². The van der Waals surface area contributed by atoms with Gasteiger partial charge in [0.15, 0.2) is 0 Å². The Balaban J connectivity index is 1.83. The highest BCUT2D eigenvalue weighted by atomic mass is 19.3. The molecule has 2 aromatic carbocycles. The van der Waals surface area contributed by atoms with Gasteiger partial charge in [0.2, 0.25) is 0 Å². The van der Waals surface area contributed by atoms with E-state index in [0.29, 0.717) is 23.5 Å². The number of hydrogen-bond acceptors (Lipinski definition) is 2. The molecule has 0 spiro atoms. The van der Waals surface area contributed by atoms with E-state index in [0.717, 1.165) is 22.5 Å². The zero-order valence-corrected chi connectivity index (χ0v) is 14.8. The van der Waals surface area contributed by atoms with Crippen molar-refractivity contribution in [2.45, 2.75) is 12.5 Å². The van der Waals surface area contributed by atoms with Crippen molar-refractivity contribution < 1.29 is 18.7 Å². The van der Waals surface area contributed by atoms with E-state index in [2.05, 4.69) is 11.6 Å². The van der Waals surface area contributed by atoms with Gasteiger partial charge in [0.25, 0.3) is 5.92 Å². The number of alkyl halides is 2. The Morgan fingerprint density at radius 1 is 1.18 bits per heavy atom. The number of halogens is 2. The number of carboxylic acid groups (broad SMARTS) is 1. The van der Waals surface area contributed by atoms with Gasteiger partial charge in [-0.2, -0.15) is 8.78 Å². The fourth-order valence-electron chi connectivity index (χ4n) is 3.36. The second kappa shape index (κ2) is 6.56. The molecule has 0 bridgehead atoms. The SMILES string of the molecule is C=CC(F)(F)c1cc(C(=O)O)c2c(ccn2Cc2ccc3cccnc3c2)c1. The maximum atomic E-state index is 14.0. The van der Waals surface area contributed by atoms with Crippen molar-refractivity contribution in [3.63, 3.8) is 0 Å². The molecule has 0 saturated heterocycles. The number of pyridine rings is 1. The van der Waals surface area contributed by atoms with Crippen molar-refractivity contribution in [1.82, 2.24) is 9.55 Å². The van der Waals surface area contributed by atoms with Gasteiger partial charge in [-0.25, -0.2) is 4.79 Å². The molecule has 0 amide bonds. The van der Waals surface area contributed by atoms with Gasteiger partial charge in [-0.15, -0.1) is 0 Å². The number of hydrogen-bond donors (Lipinski definition) is 1. The van der Waals surface area contributed by atoms with Gasteiger partial charge in [0.05, 0.1) is 16.6 Å². The van der Waals surface area contributed by atoms with Gasteiger partial charge in [0, 0.05) is 35.3 Å².